The van der Waals surface area contributed by atoms with Crippen molar-refractivity contribution in [1.82, 2.24) is 0 Å². The van der Waals surface area contributed by atoms with Crippen LogP contribution in [0.4, 0.5) is 0 Å². The van der Waals surface area contributed by atoms with Crippen molar-refractivity contribution in [2.75, 3.05) is 0 Å². The standard InChI is InChI=1S/C19H16O4/c1-14-13-17(21)18(19(22)23-14)16(20)12-8-3-2-5-9-15-10-6-4-7-11-15/h2-13,21H,1H3/b3-2+,9-5+,12-8+. The van der Waals surface area contributed by atoms with Crippen molar-refractivity contribution in [1.29, 1.82) is 0 Å². The third kappa shape index (κ3) is 4.68. The first-order valence-corrected chi connectivity index (χ1v) is 7.02. The first-order chi connectivity index (χ1) is 11.1. The van der Waals surface area contributed by atoms with Gasteiger partial charge in [0, 0.05) is 6.07 Å². The maximum atomic E-state index is 11.9. The Morgan fingerprint density at radius 3 is 2.48 bits per heavy atom. The van der Waals surface area contributed by atoms with Crippen molar-refractivity contribution in [3.05, 3.63) is 94.1 Å². The number of hydrogen-bond acceptors (Lipinski definition) is 4. The summed E-state index contributed by atoms with van der Waals surface area (Å²) in [5, 5.41) is 9.67. The lowest BCUT2D eigenvalue weighted by atomic mass is 10.1. The first-order valence-electron chi connectivity index (χ1n) is 7.02. The van der Waals surface area contributed by atoms with Crippen LogP contribution in [0.5, 0.6) is 5.75 Å². The van der Waals surface area contributed by atoms with E-state index in [0.29, 0.717) is 0 Å². The van der Waals surface area contributed by atoms with Crippen LogP contribution in [0.15, 0.2) is 76.0 Å². The van der Waals surface area contributed by atoms with E-state index >= 15 is 0 Å². The zero-order chi connectivity index (χ0) is 16.7. The van der Waals surface area contributed by atoms with Gasteiger partial charge in [0.25, 0.3) is 0 Å². The molecule has 0 saturated heterocycles. The Hall–Kier alpha value is -3.14. The van der Waals surface area contributed by atoms with Gasteiger partial charge in [0.2, 0.25) is 0 Å². The van der Waals surface area contributed by atoms with Crippen molar-refractivity contribution >= 4 is 11.9 Å². The summed E-state index contributed by atoms with van der Waals surface area (Å²) in [7, 11) is 0. The minimum atomic E-state index is -0.842. The van der Waals surface area contributed by atoms with Crippen LogP contribution in [0.1, 0.15) is 21.7 Å². The molecule has 0 aliphatic rings. The summed E-state index contributed by atoms with van der Waals surface area (Å²) in [5.74, 6) is -0.728. The van der Waals surface area contributed by atoms with E-state index in [1.807, 2.05) is 42.5 Å². The lowest BCUT2D eigenvalue weighted by molar-refractivity contribution is 0.104. The van der Waals surface area contributed by atoms with Gasteiger partial charge in [-0.05, 0) is 18.6 Å². The highest BCUT2D eigenvalue weighted by atomic mass is 16.4. The van der Waals surface area contributed by atoms with Gasteiger partial charge in [-0.15, -0.1) is 0 Å². The van der Waals surface area contributed by atoms with E-state index < -0.39 is 11.4 Å². The minimum absolute atomic E-state index is 0.249. The van der Waals surface area contributed by atoms with E-state index in [2.05, 4.69) is 0 Å². The maximum absolute atomic E-state index is 11.9. The van der Waals surface area contributed by atoms with Gasteiger partial charge in [-0.2, -0.15) is 0 Å². The molecule has 1 aromatic heterocycles. The second-order valence-electron chi connectivity index (χ2n) is 4.78. The predicted molar refractivity (Wildman–Crippen MR) is 89.5 cm³/mol. The van der Waals surface area contributed by atoms with Crippen LogP contribution in [0.25, 0.3) is 6.08 Å². The molecule has 2 rings (SSSR count). The molecule has 1 N–H and O–H groups in total. The minimum Gasteiger partial charge on any atom is -0.507 e. The van der Waals surface area contributed by atoms with Gasteiger partial charge >= 0.3 is 5.63 Å². The Balaban J connectivity index is 2.01. The third-order valence-electron chi connectivity index (χ3n) is 2.97. The zero-order valence-corrected chi connectivity index (χ0v) is 12.6. The summed E-state index contributed by atoms with van der Waals surface area (Å²) in [6, 6.07) is 11.0. The van der Waals surface area contributed by atoms with Crippen molar-refractivity contribution in [3.8, 4) is 5.75 Å². The van der Waals surface area contributed by atoms with Crippen molar-refractivity contribution < 1.29 is 14.3 Å². The second kappa shape index (κ2) is 7.75. The number of benzene rings is 1. The lowest BCUT2D eigenvalue weighted by Gasteiger charge is -1.99. The summed E-state index contributed by atoms with van der Waals surface area (Å²) >= 11 is 0. The molecular formula is C19H16O4. The SMILES string of the molecule is Cc1cc(O)c(C(=O)/C=C/C=C/C=C/c2ccccc2)c(=O)o1. The number of carbonyl (C=O) groups excluding carboxylic acids is 1. The summed E-state index contributed by atoms with van der Waals surface area (Å²) in [4.78, 5) is 23.5. The van der Waals surface area contributed by atoms with Gasteiger partial charge in [-0.1, -0.05) is 60.7 Å². The summed E-state index contributed by atoms with van der Waals surface area (Å²) in [6.07, 6.45) is 9.87. The Morgan fingerprint density at radius 2 is 1.78 bits per heavy atom. The molecule has 0 aliphatic carbocycles. The van der Waals surface area contributed by atoms with Crippen molar-refractivity contribution in [3.63, 3.8) is 0 Å². The zero-order valence-electron chi connectivity index (χ0n) is 12.6. The molecule has 1 aromatic carbocycles. The number of carbonyl (C=O) groups is 1. The third-order valence-corrected chi connectivity index (χ3v) is 2.97. The van der Waals surface area contributed by atoms with E-state index in [1.165, 1.54) is 25.1 Å². The van der Waals surface area contributed by atoms with Gasteiger partial charge in [-0.3, -0.25) is 4.79 Å². The van der Waals surface area contributed by atoms with E-state index in [9.17, 15) is 14.7 Å². The molecule has 0 aliphatic heterocycles. The molecule has 0 unspecified atom stereocenters. The van der Waals surface area contributed by atoms with Crippen LogP contribution in [0.2, 0.25) is 0 Å². The monoisotopic (exact) mass is 308 g/mol. The molecule has 0 fully saturated rings. The molecule has 23 heavy (non-hydrogen) atoms. The van der Waals surface area contributed by atoms with Crippen LogP contribution in [-0.4, -0.2) is 10.9 Å². The lowest BCUT2D eigenvalue weighted by Crippen LogP contribution is -2.12. The molecule has 2 aromatic rings. The Labute approximate surface area is 133 Å². The number of aromatic hydroxyl groups is 1. The van der Waals surface area contributed by atoms with Crippen LogP contribution in [-0.2, 0) is 0 Å². The summed E-state index contributed by atoms with van der Waals surface area (Å²) in [6.45, 7) is 1.52. The largest absolute Gasteiger partial charge is 0.507 e. The van der Waals surface area contributed by atoms with Crippen LogP contribution >= 0.6 is 0 Å². The highest BCUT2D eigenvalue weighted by Gasteiger charge is 2.15. The molecular weight excluding hydrogens is 292 g/mol. The van der Waals surface area contributed by atoms with Gasteiger partial charge < -0.3 is 9.52 Å². The molecule has 4 nitrogen and oxygen atoms in total. The maximum Gasteiger partial charge on any atom is 0.351 e. The van der Waals surface area contributed by atoms with E-state index in [1.54, 1.807) is 12.2 Å². The summed E-state index contributed by atoms with van der Waals surface area (Å²) < 4.78 is 4.80. The fourth-order valence-corrected chi connectivity index (χ4v) is 1.91. The number of rotatable bonds is 5. The molecule has 0 spiro atoms. The van der Waals surface area contributed by atoms with Crippen LogP contribution in [0, 0.1) is 6.92 Å². The quantitative estimate of drug-likeness (QED) is 0.520. The number of aryl methyl sites for hydroxylation is 1. The van der Waals surface area contributed by atoms with E-state index in [0.717, 1.165) is 5.56 Å². The molecule has 0 radical (unpaired) electrons. The van der Waals surface area contributed by atoms with E-state index in [4.69, 9.17) is 4.42 Å². The summed E-state index contributed by atoms with van der Waals surface area (Å²) in [5.41, 5.74) is -0.135. The van der Waals surface area contributed by atoms with Gasteiger partial charge in [-0.25, -0.2) is 4.79 Å². The normalized spacial score (nSPS) is 11.7. The Bertz CT molecular complexity index is 824. The topological polar surface area (TPSA) is 67.5 Å². The predicted octanol–water partition coefficient (Wildman–Crippen LogP) is 3.66. The Kier molecular flexibility index (Phi) is 5.47. The number of allylic oxidation sites excluding steroid dienone is 5. The molecule has 0 amide bonds. The molecule has 0 saturated carbocycles. The van der Waals surface area contributed by atoms with Gasteiger partial charge in [0.05, 0.1) is 0 Å². The smallest absolute Gasteiger partial charge is 0.351 e. The first kappa shape index (κ1) is 16.2. The van der Waals surface area contributed by atoms with Crippen LogP contribution in [0.3, 0.4) is 0 Å². The second-order valence-corrected chi connectivity index (χ2v) is 4.78. The van der Waals surface area contributed by atoms with Crippen molar-refractivity contribution in [2.24, 2.45) is 0 Å². The van der Waals surface area contributed by atoms with Crippen molar-refractivity contribution in [2.45, 2.75) is 6.92 Å². The molecule has 4 heteroatoms. The average Bonchev–Trinajstić information content (AvgIpc) is 2.50. The average molecular weight is 308 g/mol. The molecule has 0 bridgehead atoms. The number of hydrogen-bond donors (Lipinski definition) is 1. The Morgan fingerprint density at radius 1 is 1.09 bits per heavy atom. The molecule has 116 valence electrons. The fourth-order valence-electron chi connectivity index (χ4n) is 1.91. The fraction of sp³-hybridized carbons (Fsp3) is 0.0526. The van der Waals surface area contributed by atoms with E-state index in [-0.39, 0.29) is 17.1 Å². The van der Waals surface area contributed by atoms with Gasteiger partial charge in [0.1, 0.15) is 17.1 Å². The van der Waals surface area contributed by atoms with Crippen LogP contribution < -0.4 is 5.63 Å². The highest BCUT2D eigenvalue weighted by Crippen LogP contribution is 2.15. The van der Waals surface area contributed by atoms with Gasteiger partial charge in [0.15, 0.2) is 5.78 Å². The highest BCUT2D eigenvalue weighted by molar-refractivity contribution is 6.06. The molecule has 0 atom stereocenters. The number of ketones is 1. The molecule has 1 heterocycles.